The first-order chi connectivity index (χ1) is 28.7. The molecule has 0 radical (unpaired) electrons. The number of nitrogens with one attached hydrogen (secondary N) is 2. The molecule has 0 aromatic heterocycles. The Morgan fingerprint density at radius 2 is 1.73 bits per heavy atom. The Morgan fingerprint density at radius 1 is 1.02 bits per heavy atom. The molecule has 2 unspecified atom stereocenters. The number of nitrogens with zero attached hydrogens (tertiary/aromatic N) is 3. The van der Waals surface area contributed by atoms with Gasteiger partial charge in [0.15, 0.2) is 0 Å². The Morgan fingerprint density at radius 3 is 2.37 bits per heavy atom. The highest BCUT2D eigenvalue weighted by molar-refractivity contribution is 7.80. The third-order valence-electron chi connectivity index (χ3n) is 15.0. The lowest BCUT2D eigenvalue weighted by Gasteiger charge is -2.41. The van der Waals surface area contributed by atoms with Crippen molar-refractivity contribution in [2.45, 2.75) is 147 Å². The minimum Gasteiger partial charge on any atom is -0.480 e. The van der Waals surface area contributed by atoms with Gasteiger partial charge in [-0.15, -0.1) is 0 Å². The topological polar surface area (TPSA) is 158 Å². The van der Waals surface area contributed by atoms with E-state index in [0.717, 1.165) is 56.4 Å². The number of methoxy groups -OCH3 is 2. The van der Waals surface area contributed by atoms with Crippen LogP contribution in [0.2, 0.25) is 0 Å². The molecule has 5 rings (SSSR count). The Hall–Kier alpha value is -3.20. The monoisotopic (exact) mass is 856 g/mol. The van der Waals surface area contributed by atoms with Gasteiger partial charge in [-0.1, -0.05) is 71.4 Å². The van der Waals surface area contributed by atoms with E-state index in [-0.39, 0.29) is 60.3 Å². The van der Waals surface area contributed by atoms with Crippen molar-refractivity contribution in [3.05, 3.63) is 35.9 Å². The summed E-state index contributed by atoms with van der Waals surface area (Å²) < 4.78 is 12.1. The normalized spacial score (nSPS) is 29.8. The Kier molecular flexibility index (Phi) is 17.3. The number of carbonyl (C=O) groups is 5. The number of piperidine rings is 1. The van der Waals surface area contributed by atoms with Crippen LogP contribution in [0.5, 0.6) is 0 Å². The van der Waals surface area contributed by atoms with Crippen LogP contribution in [-0.2, 0) is 39.9 Å². The summed E-state index contributed by atoms with van der Waals surface area (Å²) in [4.78, 5) is 75.4. The number of likely N-dealkylation sites (tertiary alicyclic amines) is 1. The van der Waals surface area contributed by atoms with Crippen molar-refractivity contribution in [3.8, 4) is 0 Å². The second-order valence-corrected chi connectivity index (χ2v) is 18.7. The Balaban J connectivity index is 1.32. The minimum atomic E-state index is -1.13. The van der Waals surface area contributed by atoms with Crippen LogP contribution in [0.1, 0.15) is 98.0 Å². The first-order valence-corrected chi connectivity index (χ1v) is 23.2. The summed E-state index contributed by atoms with van der Waals surface area (Å²) in [5.41, 5.74) is 0.791. The van der Waals surface area contributed by atoms with Gasteiger partial charge in [-0.05, 0) is 92.4 Å². The first kappa shape index (κ1) is 47.8. The standard InChI is InChI=1S/C46H73N5O8S/c1-9-27(2)40(49(6)45(55)39-28(3)32(17-14-24-60)21-23-51-35-20-19-33(29(35)4)41(51)44(54)48-39)37(58-7)26-38(52)50-22-13-18-36(50)42(59-8)30(5)43(53)47-34(46(56)57)25-31-15-11-10-12-16-31/h10-12,15-16,27-30,32-37,39-42,60H,9,13-14,17-26H2,1-8H3,(H,47,53)(H,48,54)(H,56,57)/t27-,28?,29-,30+,32?,33-,34-,35-,36-,37+,39-,40-,41-,42+/m0/s1. The molecule has 14 atom stereocenters. The molecule has 4 fully saturated rings. The molecule has 3 N–H and O–H groups in total. The highest BCUT2D eigenvalue weighted by Gasteiger charge is 2.55. The second kappa shape index (κ2) is 21.7. The molecule has 1 aromatic carbocycles. The molecule has 4 aliphatic rings. The summed E-state index contributed by atoms with van der Waals surface area (Å²) in [6.45, 7) is 11.6. The van der Waals surface area contributed by atoms with Crippen molar-refractivity contribution >= 4 is 42.2 Å². The van der Waals surface area contributed by atoms with Crippen molar-refractivity contribution in [1.29, 1.82) is 0 Å². The van der Waals surface area contributed by atoms with Crippen molar-refractivity contribution in [3.63, 3.8) is 0 Å². The van der Waals surface area contributed by atoms with Crippen LogP contribution < -0.4 is 10.6 Å². The van der Waals surface area contributed by atoms with E-state index in [4.69, 9.17) is 9.47 Å². The minimum absolute atomic E-state index is 0.00391. The number of carbonyl (C=O) groups excluding carboxylic acids is 4. The van der Waals surface area contributed by atoms with E-state index < -0.39 is 54.2 Å². The average molecular weight is 856 g/mol. The lowest BCUT2D eigenvalue weighted by molar-refractivity contribution is -0.148. The van der Waals surface area contributed by atoms with Gasteiger partial charge in [0, 0.05) is 40.3 Å². The molecule has 1 aliphatic carbocycles. The molecular formula is C46H73N5O8S. The quantitative estimate of drug-likeness (QED) is 0.145. The third-order valence-corrected chi connectivity index (χ3v) is 15.3. The van der Waals surface area contributed by atoms with Gasteiger partial charge in [-0.3, -0.25) is 24.1 Å². The zero-order valence-electron chi connectivity index (χ0n) is 37.3. The molecule has 0 spiro atoms. The molecule has 3 aliphatic heterocycles. The fourth-order valence-corrected chi connectivity index (χ4v) is 11.5. The molecule has 1 aromatic rings. The number of benzene rings is 1. The lowest BCUT2D eigenvalue weighted by Crippen LogP contribution is -2.60. The van der Waals surface area contributed by atoms with Crippen molar-refractivity contribution in [2.24, 2.45) is 35.5 Å². The van der Waals surface area contributed by atoms with Crippen LogP contribution in [0.15, 0.2) is 30.3 Å². The maximum absolute atomic E-state index is 15.0. The summed E-state index contributed by atoms with van der Waals surface area (Å²) in [5, 5.41) is 16.0. The van der Waals surface area contributed by atoms with Crippen LogP contribution in [-0.4, -0.2) is 138 Å². The van der Waals surface area contributed by atoms with E-state index in [0.29, 0.717) is 31.3 Å². The molecule has 13 nitrogen and oxygen atoms in total. The largest absolute Gasteiger partial charge is 0.480 e. The van der Waals surface area contributed by atoms with E-state index in [9.17, 15) is 29.1 Å². The fourth-order valence-electron chi connectivity index (χ4n) is 11.3. The van der Waals surface area contributed by atoms with Gasteiger partial charge >= 0.3 is 5.97 Å². The zero-order chi connectivity index (χ0) is 43.8. The van der Waals surface area contributed by atoms with E-state index >= 15 is 0 Å². The van der Waals surface area contributed by atoms with Gasteiger partial charge in [0.2, 0.25) is 23.6 Å². The van der Waals surface area contributed by atoms with Gasteiger partial charge in [0.25, 0.3) is 0 Å². The van der Waals surface area contributed by atoms with E-state index in [1.165, 1.54) is 7.11 Å². The van der Waals surface area contributed by atoms with Gasteiger partial charge < -0.3 is 35.0 Å². The number of aliphatic carboxylic acids is 1. The summed E-state index contributed by atoms with van der Waals surface area (Å²) in [6.07, 6.45) is 5.79. The summed E-state index contributed by atoms with van der Waals surface area (Å²) in [5.74, 6) is -1.16. The zero-order valence-corrected chi connectivity index (χ0v) is 38.2. The molecule has 1 saturated carbocycles. The number of amides is 4. The maximum atomic E-state index is 15.0. The SMILES string of the molecule is CC[C@H](C)[C@@H]([C@@H](CC(=O)N1CCC[C@H]1[C@H](OC)[C@@H](C)C(=O)N[C@@H](Cc1ccccc1)C(=O)O)OC)N(C)C(=O)[C@H]1NC(=O)[C@@H]2[C@H]3CC[C@@H]([C@H]3C)N2CCC(CCCS)C1C. The van der Waals surface area contributed by atoms with Crippen molar-refractivity contribution in [2.75, 3.05) is 40.1 Å². The van der Waals surface area contributed by atoms with Gasteiger partial charge in [0.1, 0.15) is 12.1 Å². The number of rotatable bonds is 19. The summed E-state index contributed by atoms with van der Waals surface area (Å²) >= 11 is 4.52. The molecular weight excluding hydrogens is 783 g/mol. The smallest absolute Gasteiger partial charge is 0.326 e. The van der Waals surface area contributed by atoms with E-state index in [2.05, 4.69) is 55.9 Å². The van der Waals surface area contributed by atoms with Crippen molar-refractivity contribution in [1.82, 2.24) is 25.3 Å². The van der Waals surface area contributed by atoms with Crippen molar-refractivity contribution < 1.29 is 38.6 Å². The first-order valence-electron chi connectivity index (χ1n) is 22.5. The average Bonchev–Trinajstić information content (AvgIpc) is 3.95. The van der Waals surface area contributed by atoms with Crippen LogP contribution in [0.3, 0.4) is 0 Å². The van der Waals surface area contributed by atoms with Crippen LogP contribution in [0.4, 0.5) is 0 Å². The second-order valence-electron chi connectivity index (χ2n) is 18.3. The summed E-state index contributed by atoms with van der Waals surface area (Å²) in [7, 11) is 4.88. The number of fused-ring (bicyclic) bond motifs is 5. The molecule has 2 bridgehead atoms. The van der Waals surface area contributed by atoms with Crippen LogP contribution in [0, 0.1) is 35.5 Å². The molecule has 3 saturated heterocycles. The molecule has 14 heteroatoms. The number of hydrogen-bond donors (Lipinski definition) is 4. The van der Waals surface area contributed by atoms with Gasteiger partial charge in [-0.25, -0.2) is 4.79 Å². The van der Waals surface area contributed by atoms with Crippen LogP contribution >= 0.6 is 12.6 Å². The Bertz CT molecular complexity index is 1620. The van der Waals surface area contributed by atoms with Gasteiger partial charge in [0.05, 0.1) is 42.7 Å². The predicted molar refractivity (Wildman–Crippen MR) is 234 cm³/mol. The third kappa shape index (κ3) is 10.5. The highest BCUT2D eigenvalue weighted by atomic mass is 32.1. The molecule has 4 amide bonds. The molecule has 60 heavy (non-hydrogen) atoms. The van der Waals surface area contributed by atoms with E-state index in [1.807, 2.05) is 30.3 Å². The van der Waals surface area contributed by atoms with Gasteiger partial charge in [-0.2, -0.15) is 12.6 Å². The number of carboxylic acids is 1. The molecule has 336 valence electrons. The number of ether oxygens (including phenoxy) is 2. The fraction of sp³-hybridized carbons (Fsp3) is 0.761. The number of likely N-dealkylation sites (N-methyl/N-ethyl adjacent to an activating group) is 1. The highest BCUT2D eigenvalue weighted by Crippen LogP contribution is 2.48. The lowest BCUT2D eigenvalue weighted by atomic mass is 9.81. The number of thiol groups is 1. The molecule has 3 heterocycles. The predicted octanol–water partition coefficient (Wildman–Crippen LogP) is 4.67. The summed E-state index contributed by atoms with van der Waals surface area (Å²) in [6, 6.07) is 6.58. The van der Waals surface area contributed by atoms with Crippen LogP contribution in [0.25, 0.3) is 0 Å². The Labute approximate surface area is 363 Å². The number of carboxylic acid groups (broad SMARTS) is 1. The maximum Gasteiger partial charge on any atom is 0.326 e. The van der Waals surface area contributed by atoms with E-state index in [1.54, 1.807) is 30.9 Å². The number of hydrogen-bond acceptors (Lipinski definition) is 9.